The van der Waals surface area contributed by atoms with Gasteiger partial charge in [0.2, 0.25) is 11.8 Å². The molecule has 0 radical (unpaired) electrons. The summed E-state index contributed by atoms with van der Waals surface area (Å²) >= 11 is 0. The van der Waals surface area contributed by atoms with Crippen molar-refractivity contribution < 1.29 is 19.1 Å². The molecular weight excluding hydrogens is 300 g/mol. The summed E-state index contributed by atoms with van der Waals surface area (Å²) in [4.78, 5) is 27.9. The molecule has 2 aliphatic rings. The third-order valence-corrected chi connectivity index (χ3v) is 4.03. The number of amides is 2. The van der Waals surface area contributed by atoms with Crippen LogP contribution in [0, 0.1) is 0 Å². The normalized spacial score (nSPS) is 20.2. The van der Waals surface area contributed by atoms with E-state index in [-0.39, 0.29) is 18.2 Å². The van der Waals surface area contributed by atoms with Crippen LogP contribution in [0.25, 0.3) is 0 Å². The van der Waals surface area contributed by atoms with Gasteiger partial charge in [-0.05, 0) is 0 Å². The first-order valence-electron chi connectivity index (χ1n) is 8.37. The van der Waals surface area contributed by atoms with Crippen molar-refractivity contribution in [1.82, 2.24) is 20.4 Å². The van der Waals surface area contributed by atoms with E-state index < -0.39 is 0 Å². The molecular formula is C15H28N4O4. The van der Waals surface area contributed by atoms with Gasteiger partial charge in [-0.3, -0.25) is 19.4 Å². The molecule has 0 atom stereocenters. The minimum atomic E-state index is -0.220. The van der Waals surface area contributed by atoms with Gasteiger partial charge in [0.05, 0.1) is 26.4 Å². The maximum atomic E-state index is 11.7. The molecule has 0 aliphatic carbocycles. The molecule has 0 saturated carbocycles. The van der Waals surface area contributed by atoms with Gasteiger partial charge in [-0.25, -0.2) is 0 Å². The van der Waals surface area contributed by atoms with Crippen LogP contribution in [0.15, 0.2) is 0 Å². The molecule has 8 nitrogen and oxygen atoms in total. The fourth-order valence-corrected chi connectivity index (χ4v) is 2.63. The Bertz CT molecular complexity index is 334. The first kappa shape index (κ1) is 18.1. The summed E-state index contributed by atoms with van der Waals surface area (Å²) in [6.45, 7) is 9.34. The fraction of sp³-hybridized carbons (Fsp3) is 0.867. The Hall–Kier alpha value is -1.22. The first-order valence-corrected chi connectivity index (χ1v) is 8.37. The summed E-state index contributed by atoms with van der Waals surface area (Å²) in [7, 11) is 0. The SMILES string of the molecule is O=C(CC(=O)NCCN1CCOCC1)NCCN1CCOCC1. The molecule has 2 aliphatic heterocycles. The molecule has 2 fully saturated rings. The maximum Gasteiger partial charge on any atom is 0.229 e. The average Bonchev–Trinajstić information content (AvgIpc) is 2.57. The van der Waals surface area contributed by atoms with Crippen LogP contribution in [0.4, 0.5) is 0 Å². The van der Waals surface area contributed by atoms with Crippen molar-refractivity contribution in [2.24, 2.45) is 0 Å². The van der Waals surface area contributed by atoms with E-state index in [2.05, 4.69) is 20.4 Å². The van der Waals surface area contributed by atoms with Crippen LogP contribution >= 0.6 is 0 Å². The smallest absolute Gasteiger partial charge is 0.229 e. The molecule has 0 aromatic carbocycles. The summed E-state index contributed by atoms with van der Waals surface area (Å²) in [5.41, 5.74) is 0. The number of ether oxygens (including phenoxy) is 2. The van der Waals surface area contributed by atoms with Crippen molar-refractivity contribution in [1.29, 1.82) is 0 Å². The highest BCUT2D eigenvalue weighted by molar-refractivity contribution is 5.96. The van der Waals surface area contributed by atoms with Gasteiger partial charge in [-0.15, -0.1) is 0 Å². The second-order valence-corrected chi connectivity index (χ2v) is 5.78. The molecule has 8 heteroatoms. The van der Waals surface area contributed by atoms with E-state index in [0.29, 0.717) is 13.1 Å². The Labute approximate surface area is 137 Å². The largest absolute Gasteiger partial charge is 0.379 e. The number of carbonyl (C=O) groups is 2. The third-order valence-electron chi connectivity index (χ3n) is 4.03. The number of hydrogen-bond acceptors (Lipinski definition) is 6. The summed E-state index contributed by atoms with van der Waals surface area (Å²) in [6.07, 6.45) is -0.105. The quantitative estimate of drug-likeness (QED) is 0.516. The van der Waals surface area contributed by atoms with Gasteiger partial charge in [0.15, 0.2) is 0 Å². The van der Waals surface area contributed by atoms with E-state index in [1.54, 1.807) is 0 Å². The highest BCUT2D eigenvalue weighted by atomic mass is 16.5. The summed E-state index contributed by atoms with van der Waals surface area (Å²) < 4.78 is 10.5. The average molecular weight is 328 g/mol. The Morgan fingerprint density at radius 1 is 0.739 bits per heavy atom. The van der Waals surface area contributed by atoms with Crippen LogP contribution in [0.2, 0.25) is 0 Å². The number of hydrogen-bond donors (Lipinski definition) is 2. The molecule has 0 spiro atoms. The van der Waals surface area contributed by atoms with E-state index >= 15 is 0 Å². The molecule has 2 N–H and O–H groups in total. The zero-order valence-corrected chi connectivity index (χ0v) is 13.7. The number of carbonyl (C=O) groups excluding carboxylic acids is 2. The van der Waals surface area contributed by atoms with Crippen molar-refractivity contribution in [2.45, 2.75) is 6.42 Å². The lowest BCUT2D eigenvalue weighted by molar-refractivity contribution is -0.129. The van der Waals surface area contributed by atoms with Crippen molar-refractivity contribution in [3.05, 3.63) is 0 Å². The number of nitrogens with one attached hydrogen (secondary N) is 2. The second kappa shape index (κ2) is 10.5. The van der Waals surface area contributed by atoms with Crippen LogP contribution in [0.5, 0.6) is 0 Å². The van der Waals surface area contributed by atoms with Crippen molar-refractivity contribution in [3.63, 3.8) is 0 Å². The lowest BCUT2D eigenvalue weighted by Gasteiger charge is -2.26. The van der Waals surface area contributed by atoms with E-state index in [0.717, 1.165) is 65.7 Å². The van der Waals surface area contributed by atoms with Crippen LogP contribution in [0.1, 0.15) is 6.42 Å². The highest BCUT2D eigenvalue weighted by Gasteiger charge is 2.13. The topological polar surface area (TPSA) is 83.1 Å². The maximum absolute atomic E-state index is 11.7. The van der Waals surface area contributed by atoms with Crippen LogP contribution in [-0.2, 0) is 19.1 Å². The standard InChI is InChI=1S/C15H28N4O4/c20-14(16-1-3-18-5-9-22-10-6-18)13-15(21)17-2-4-19-7-11-23-12-8-19/h1-13H2,(H,16,20)(H,17,21). The van der Waals surface area contributed by atoms with Crippen molar-refractivity contribution >= 4 is 11.8 Å². The minimum Gasteiger partial charge on any atom is -0.379 e. The first-order chi connectivity index (χ1) is 11.2. The van der Waals surface area contributed by atoms with Crippen LogP contribution in [0.3, 0.4) is 0 Å². The third kappa shape index (κ3) is 7.74. The summed E-state index contributed by atoms with van der Waals surface area (Å²) in [6, 6.07) is 0. The Morgan fingerprint density at radius 2 is 1.13 bits per heavy atom. The molecule has 2 heterocycles. The second-order valence-electron chi connectivity index (χ2n) is 5.78. The summed E-state index contributed by atoms with van der Waals surface area (Å²) in [5, 5.41) is 5.58. The molecule has 2 rings (SSSR count). The van der Waals surface area contributed by atoms with E-state index in [1.165, 1.54) is 0 Å². The zero-order valence-electron chi connectivity index (χ0n) is 13.7. The van der Waals surface area contributed by atoms with E-state index in [1.807, 2.05) is 0 Å². The predicted molar refractivity (Wildman–Crippen MR) is 85.2 cm³/mol. The van der Waals surface area contributed by atoms with Gasteiger partial charge in [0.1, 0.15) is 6.42 Å². The highest BCUT2D eigenvalue weighted by Crippen LogP contribution is 1.96. The zero-order chi connectivity index (χ0) is 16.3. The lowest BCUT2D eigenvalue weighted by atomic mass is 10.3. The van der Waals surface area contributed by atoms with Gasteiger partial charge in [-0.1, -0.05) is 0 Å². The molecule has 0 bridgehead atoms. The number of nitrogens with zero attached hydrogens (tertiary/aromatic N) is 2. The van der Waals surface area contributed by atoms with Crippen LogP contribution in [-0.4, -0.2) is 100 Å². The predicted octanol–water partition coefficient (Wildman–Crippen LogP) is -1.73. The van der Waals surface area contributed by atoms with Gasteiger partial charge in [-0.2, -0.15) is 0 Å². The van der Waals surface area contributed by atoms with Crippen molar-refractivity contribution in [3.8, 4) is 0 Å². The number of rotatable bonds is 8. The summed E-state index contributed by atoms with van der Waals surface area (Å²) in [5.74, 6) is -0.440. The Kier molecular flexibility index (Phi) is 8.30. The van der Waals surface area contributed by atoms with E-state index in [9.17, 15) is 9.59 Å². The molecule has 2 amide bonds. The van der Waals surface area contributed by atoms with E-state index in [4.69, 9.17) is 9.47 Å². The minimum absolute atomic E-state index is 0.105. The Morgan fingerprint density at radius 3 is 1.52 bits per heavy atom. The molecule has 23 heavy (non-hydrogen) atoms. The molecule has 0 aromatic heterocycles. The molecule has 132 valence electrons. The monoisotopic (exact) mass is 328 g/mol. The van der Waals surface area contributed by atoms with Gasteiger partial charge < -0.3 is 20.1 Å². The van der Waals surface area contributed by atoms with Crippen LogP contribution < -0.4 is 10.6 Å². The molecule has 0 unspecified atom stereocenters. The van der Waals surface area contributed by atoms with Gasteiger partial charge in [0, 0.05) is 52.4 Å². The Balaban J connectivity index is 1.47. The van der Waals surface area contributed by atoms with Gasteiger partial charge >= 0.3 is 0 Å². The fourth-order valence-electron chi connectivity index (χ4n) is 2.63. The lowest BCUT2D eigenvalue weighted by Crippen LogP contribution is -2.43. The number of morpholine rings is 2. The van der Waals surface area contributed by atoms with Gasteiger partial charge in [0.25, 0.3) is 0 Å². The molecule has 2 saturated heterocycles. The molecule has 0 aromatic rings. The van der Waals surface area contributed by atoms with Crippen molar-refractivity contribution in [2.75, 3.05) is 78.8 Å².